The van der Waals surface area contributed by atoms with Crippen LogP contribution < -0.4 is 9.47 Å². The molecular weight excluding hydrogens is 284 g/mol. The van der Waals surface area contributed by atoms with E-state index in [1.807, 2.05) is 0 Å². The summed E-state index contributed by atoms with van der Waals surface area (Å²) in [5.74, 6) is -0.101. The quantitative estimate of drug-likeness (QED) is 0.627. The smallest absolute Gasteiger partial charge is 0.341 e. The topological polar surface area (TPSA) is 61.8 Å². The minimum atomic E-state index is -0.548. The van der Waals surface area contributed by atoms with E-state index in [0.717, 1.165) is 5.56 Å². The molecule has 0 N–H and O–H groups in total. The molecule has 0 fully saturated rings. The van der Waals surface area contributed by atoms with Gasteiger partial charge >= 0.3 is 11.9 Å². The first-order valence-electron chi connectivity index (χ1n) is 6.65. The summed E-state index contributed by atoms with van der Waals surface area (Å²) in [5, 5.41) is 0. The summed E-state index contributed by atoms with van der Waals surface area (Å²) < 4.78 is 15.0. The molecule has 0 amide bonds. The zero-order valence-electron chi connectivity index (χ0n) is 12.4. The zero-order valence-corrected chi connectivity index (χ0v) is 12.4. The van der Waals surface area contributed by atoms with E-state index in [2.05, 4.69) is 4.74 Å². The largest absolute Gasteiger partial charge is 0.497 e. The third-order valence-corrected chi connectivity index (χ3v) is 3.02. The van der Waals surface area contributed by atoms with Crippen LogP contribution in [0.2, 0.25) is 0 Å². The second kappa shape index (κ2) is 7.26. The van der Waals surface area contributed by atoms with E-state index < -0.39 is 11.9 Å². The number of ether oxygens (including phenoxy) is 3. The lowest BCUT2D eigenvalue weighted by Crippen LogP contribution is -2.14. The van der Waals surface area contributed by atoms with Crippen LogP contribution in [0.15, 0.2) is 48.5 Å². The van der Waals surface area contributed by atoms with Gasteiger partial charge in [-0.25, -0.2) is 4.79 Å². The van der Waals surface area contributed by atoms with Gasteiger partial charge < -0.3 is 14.2 Å². The Hall–Kier alpha value is -2.82. The molecule has 0 atom stereocenters. The predicted octanol–water partition coefficient (Wildman–Crippen LogP) is 2.63. The molecule has 2 aromatic carbocycles. The second-order valence-electron chi connectivity index (χ2n) is 4.49. The van der Waals surface area contributed by atoms with E-state index >= 15 is 0 Å². The number of carbonyl (C=O) groups is 2. The van der Waals surface area contributed by atoms with Crippen molar-refractivity contribution in [3.63, 3.8) is 0 Å². The van der Waals surface area contributed by atoms with Gasteiger partial charge in [0, 0.05) is 0 Å². The number of carbonyl (C=O) groups excluding carboxylic acids is 2. The highest BCUT2D eigenvalue weighted by Crippen LogP contribution is 2.20. The molecule has 2 aromatic rings. The lowest BCUT2D eigenvalue weighted by molar-refractivity contribution is -0.133. The van der Waals surface area contributed by atoms with Crippen molar-refractivity contribution in [1.82, 2.24) is 0 Å². The Morgan fingerprint density at radius 2 is 1.64 bits per heavy atom. The van der Waals surface area contributed by atoms with Gasteiger partial charge in [0.1, 0.15) is 17.1 Å². The average Bonchev–Trinajstić information content (AvgIpc) is 2.55. The number of hydrogen-bond donors (Lipinski definition) is 0. The van der Waals surface area contributed by atoms with Crippen molar-refractivity contribution >= 4 is 11.9 Å². The highest BCUT2D eigenvalue weighted by molar-refractivity contribution is 5.93. The first-order chi connectivity index (χ1) is 10.6. The van der Waals surface area contributed by atoms with Crippen molar-refractivity contribution < 1.29 is 23.8 Å². The summed E-state index contributed by atoms with van der Waals surface area (Å²) in [4.78, 5) is 23.6. The Morgan fingerprint density at radius 3 is 2.27 bits per heavy atom. The zero-order chi connectivity index (χ0) is 15.9. The molecule has 0 aromatic heterocycles. The molecule has 0 radical (unpaired) electrons. The van der Waals surface area contributed by atoms with E-state index in [-0.39, 0.29) is 17.7 Å². The van der Waals surface area contributed by atoms with Crippen LogP contribution in [0, 0.1) is 0 Å². The van der Waals surface area contributed by atoms with Crippen LogP contribution >= 0.6 is 0 Å². The highest BCUT2D eigenvalue weighted by Gasteiger charge is 2.15. The number of methoxy groups -OCH3 is 2. The van der Waals surface area contributed by atoms with Crippen LogP contribution in [0.4, 0.5) is 0 Å². The minimum absolute atomic E-state index is 0.0967. The van der Waals surface area contributed by atoms with E-state index in [1.54, 1.807) is 55.6 Å². The maximum atomic E-state index is 12.0. The number of rotatable bonds is 5. The molecule has 0 saturated carbocycles. The highest BCUT2D eigenvalue weighted by atomic mass is 16.5. The standard InChI is InChI=1S/C17H16O5/c1-20-13-9-7-12(8-10-13)11-16(18)22-15-6-4-3-5-14(15)17(19)21-2/h3-10H,11H2,1-2H3. The fraction of sp³-hybridized carbons (Fsp3) is 0.176. The summed E-state index contributed by atoms with van der Waals surface area (Å²) in [6.07, 6.45) is 0.0967. The average molecular weight is 300 g/mol. The van der Waals surface area contributed by atoms with Gasteiger partial charge in [-0.3, -0.25) is 4.79 Å². The molecule has 5 heteroatoms. The van der Waals surface area contributed by atoms with Crippen LogP contribution in [0.25, 0.3) is 0 Å². The molecule has 0 aliphatic carbocycles. The lowest BCUT2D eigenvalue weighted by atomic mass is 10.1. The molecule has 114 valence electrons. The van der Waals surface area contributed by atoms with Gasteiger partial charge in [0.05, 0.1) is 20.6 Å². The van der Waals surface area contributed by atoms with Gasteiger partial charge in [0.25, 0.3) is 0 Å². The van der Waals surface area contributed by atoms with Gasteiger partial charge in [0.15, 0.2) is 0 Å². The summed E-state index contributed by atoms with van der Waals surface area (Å²) in [6.45, 7) is 0. The van der Waals surface area contributed by atoms with E-state index in [0.29, 0.717) is 5.75 Å². The Kier molecular flexibility index (Phi) is 5.14. The van der Waals surface area contributed by atoms with E-state index in [9.17, 15) is 9.59 Å². The third-order valence-electron chi connectivity index (χ3n) is 3.02. The molecule has 2 rings (SSSR count). The van der Waals surface area contributed by atoms with Crippen LogP contribution in [0.3, 0.4) is 0 Å². The van der Waals surface area contributed by atoms with Crippen molar-refractivity contribution in [2.45, 2.75) is 6.42 Å². The Labute approximate surface area is 128 Å². The molecule has 0 bridgehead atoms. The van der Waals surface area contributed by atoms with Crippen LogP contribution in [-0.2, 0) is 16.0 Å². The van der Waals surface area contributed by atoms with E-state index in [4.69, 9.17) is 9.47 Å². The molecule has 0 aliphatic rings. The van der Waals surface area contributed by atoms with Gasteiger partial charge in [0.2, 0.25) is 0 Å². The van der Waals surface area contributed by atoms with Crippen LogP contribution in [0.5, 0.6) is 11.5 Å². The van der Waals surface area contributed by atoms with Crippen molar-refractivity contribution in [1.29, 1.82) is 0 Å². The fourth-order valence-corrected chi connectivity index (χ4v) is 1.90. The third kappa shape index (κ3) is 3.85. The summed E-state index contributed by atoms with van der Waals surface area (Å²) in [7, 11) is 2.85. The Morgan fingerprint density at radius 1 is 0.955 bits per heavy atom. The maximum Gasteiger partial charge on any atom is 0.341 e. The maximum absolute atomic E-state index is 12.0. The van der Waals surface area contributed by atoms with Crippen molar-refractivity contribution in [2.75, 3.05) is 14.2 Å². The fourth-order valence-electron chi connectivity index (χ4n) is 1.90. The monoisotopic (exact) mass is 300 g/mol. The summed E-state index contributed by atoms with van der Waals surface area (Å²) >= 11 is 0. The lowest BCUT2D eigenvalue weighted by Gasteiger charge is -2.08. The first-order valence-corrected chi connectivity index (χ1v) is 6.65. The molecular formula is C17H16O5. The van der Waals surface area contributed by atoms with Gasteiger partial charge in [-0.15, -0.1) is 0 Å². The van der Waals surface area contributed by atoms with Crippen molar-refractivity contribution in [3.05, 3.63) is 59.7 Å². The van der Waals surface area contributed by atoms with Crippen LogP contribution in [-0.4, -0.2) is 26.2 Å². The summed E-state index contributed by atoms with van der Waals surface area (Å²) in [5.41, 5.74) is 1.01. The molecule has 22 heavy (non-hydrogen) atoms. The van der Waals surface area contributed by atoms with Crippen LogP contribution in [0.1, 0.15) is 15.9 Å². The predicted molar refractivity (Wildman–Crippen MR) is 80.1 cm³/mol. The minimum Gasteiger partial charge on any atom is -0.497 e. The number of para-hydroxylation sites is 1. The summed E-state index contributed by atoms with van der Waals surface area (Å²) in [6, 6.07) is 13.6. The number of esters is 2. The first kappa shape index (κ1) is 15.6. The van der Waals surface area contributed by atoms with Gasteiger partial charge in [-0.05, 0) is 29.8 Å². The molecule has 5 nitrogen and oxygen atoms in total. The van der Waals surface area contributed by atoms with Crippen molar-refractivity contribution in [3.8, 4) is 11.5 Å². The number of hydrogen-bond acceptors (Lipinski definition) is 5. The number of benzene rings is 2. The van der Waals surface area contributed by atoms with E-state index in [1.165, 1.54) is 7.11 Å². The van der Waals surface area contributed by atoms with Gasteiger partial charge in [-0.1, -0.05) is 24.3 Å². The SMILES string of the molecule is COC(=O)c1ccccc1OC(=O)Cc1ccc(OC)cc1. The Balaban J connectivity index is 2.07. The van der Waals surface area contributed by atoms with Gasteiger partial charge in [-0.2, -0.15) is 0 Å². The molecule has 0 heterocycles. The molecule has 0 aliphatic heterocycles. The Bertz CT molecular complexity index is 661. The molecule has 0 saturated heterocycles. The molecule has 0 unspecified atom stereocenters. The van der Waals surface area contributed by atoms with Crippen molar-refractivity contribution in [2.24, 2.45) is 0 Å². The normalized spacial score (nSPS) is 9.91. The molecule has 0 spiro atoms. The second-order valence-corrected chi connectivity index (χ2v) is 4.49.